The lowest BCUT2D eigenvalue weighted by Gasteiger charge is -2.33. The lowest BCUT2D eigenvalue weighted by atomic mass is 9.85. The molecule has 4 atom stereocenters. The van der Waals surface area contributed by atoms with Gasteiger partial charge in [0.1, 0.15) is 6.04 Å². The molecular formula is C30H19BrCl2N2O4. The third-order valence-corrected chi connectivity index (χ3v) is 8.46. The van der Waals surface area contributed by atoms with Crippen molar-refractivity contribution in [1.29, 1.82) is 0 Å². The molecule has 0 saturated carbocycles. The van der Waals surface area contributed by atoms with E-state index >= 15 is 0 Å². The van der Waals surface area contributed by atoms with Crippen LogP contribution >= 0.6 is 39.1 Å². The molecule has 3 aliphatic rings. The molecule has 0 aliphatic carbocycles. The van der Waals surface area contributed by atoms with Gasteiger partial charge in [-0.25, -0.2) is 4.90 Å². The van der Waals surface area contributed by atoms with E-state index in [1.165, 1.54) is 12.1 Å². The summed E-state index contributed by atoms with van der Waals surface area (Å²) in [4.78, 5) is 57.8. The van der Waals surface area contributed by atoms with Crippen LogP contribution in [0.4, 0.5) is 5.69 Å². The van der Waals surface area contributed by atoms with Crippen molar-refractivity contribution in [3.63, 3.8) is 0 Å². The van der Waals surface area contributed by atoms with Crippen LogP contribution in [0.2, 0.25) is 10.0 Å². The topological polar surface area (TPSA) is 74.8 Å². The summed E-state index contributed by atoms with van der Waals surface area (Å²) in [5.74, 6) is -3.36. The summed E-state index contributed by atoms with van der Waals surface area (Å²) in [5.41, 5.74) is 1.51. The molecule has 0 spiro atoms. The van der Waals surface area contributed by atoms with E-state index in [-0.39, 0.29) is 22.3 Å². The Morgan fingerprint density at radius 3 is 2.21 bits per heavy atom. The second-order valence-electron chi connectivity index (χ2n) is 9.55. The average Bonchev–Trinajstić information content (AvgIpc) is 3.40. The fourth-order valence-electron chi connectivity index (χ4n) is 5.64. The van der Waals surface area contributed by atoms with Crippen molar-refractivity contribution in [2.75, 3.05) is 4.90 Å². The molecule has 0 unspecified atom stereocenters. The van der Waals surface area contributed by atoms with Gasteiger partial charge in [0.05, 0.1) is 28.6 Å². The van der Waals surface area contributed by atoms with Crippen LogP contribution < -0.4 is 4.90 Å². The smallest absolute Gasteiger partial charge is 0.240 e. The van der Waals surface area contributed by atoms with Crippen molar-refractivity contribution in [3.8, 4) is 0 Å². The molecule has 0 radical (unpaired) electrons. The zero-order valence-electron chi connectivity index (χ0n) is 20.1. The van der Waals surface area contributed by atoms with Crippen molar-refractivity contribution in [1.82, 2.24) is 4.90 Å². The highest BCUT2D eigenvalue weighted by molar-refractivity contribution is 9.10. The first kappa shape index (κ1) is 25.7. The van der Waals surface area contributed by atoms with Crippen molar-refractivity contribution >= 4 is 68.2 Å². The second kappa shape index (κ2) is 9.90. The van der Waals surface area contributed by atoms with Gasteiger partial charge >= 0.3 is 0 Å². The Labute approximate surface area is 242 Å². The summed E-state index contributed by atoms with van der Waals surface area (Å²) in [6, 6.07) is 18.6. The Balaban J connectivity index is 1.44. The van der Waals surface area contributed by atoms with Crippen LogP contribution in [0.3, 0.4) is 0 Å². The highest BCUT2D eigenvalue weighted by Crippen LogP contribution is 2.48. The molecule has 0 N–H and O–H groups in total. The van der Waals surface area contributed by atoms with E-state index in [1.54, 1.807) is 77.8 Å². The summed E-state index contributed by atoms with van der Waals surface area (Å²) in [5, 5.41) is 0.512. The number of nitrogens with zero attached hydrogens (tertiary/aromatic N) is 2. The third kappa shape index (κ3) is 4.25. The Hall–Kier alpha value is -3.52. The number of halogens is 3. The minimum Gasteiger partial charge on any atom is -0.359 e. The van der Waals surface area contributed by atoms with E-state index in [4.69, 9.17) is 23.2 Å². The monoisotopic (exact) mass is 620 g/mol. The number of Topliss-reactive ketones (excluding diaryl/α,β-unsaturated/α-hetero) is 2. The van der Waals surface area contributed by atoms with Crippen molar-refractivity contribution in [2.45, 2.75) is 12.1 Å². The molecule has 2 amide bonds. The molecule has 9 heteroatoms. The number of fused-ring (bicyclic) bond motifs is 3. The van der Waals surface area contributed by atoms with Gasteiger partial charge in [-0.3, -0.25) is 19.2 Å². The standard InChI is InChI=1S/C30H19BrCl2N2O4/c31-19-8-6-17(7-9-19)28(37)26-25-24(29(38)35(30(25)39)22-11-10-20(32)15-21(22)33)23-14-18(12-13-34(23)26)27(36)16-4-2-1-3-5-16/h1-15,23-26H/t23-,24-,25-,26+/m0/s1. The van der Waals surface area contributed by atoms with Crippen molar-refractivity contribution in [2.24, 2.45) is 11.8 Å². The van der Waals surface area contributed by atoms with E-state index in [1.807, 2.05) is 6.07 Å². The predicted molar refractivity (Wildman–Crippen MR) is 152 cm³/mol. The molecule has 3 aliphatic heterocycles. The summed E-state index contributed by atoms with van der Waals surface area (Å²) in [6.45, 7) is 0. The van der Waals surface area contributed by atoms with Crippen LogP contribution in [0.1, 0.15) is 20.7 Å². The fourth-order valence-corrected chi connectivity index (χ4v) is 6.40. The first-order chi connectivity index (χ1) is 18.8. The number of carbonyl (C=O) groups excluding carboxylic acids is 4. The number of amides is 2. The van der Waals surface area contributed by atoms with Gasteiger partial charge in [0.25, 0.3) is 0 Å². The molecule has 39 heavy (non-hydrogen) atoms. The van der Waals surface area contributed by atoms with Crippen LogP contribution in [-0.2, 0) is 9.59 Å². The lowest BCUT2D eigenvalue weighted by molar-refractivity contribution is -0.123. The molecule has 194 valence electrons. The van der Waals surface area contributed by atoms with Gasteiger partial charge in [0.15, 0.2) is 11.6 Å². The van der Waals surface area contributed by atoms with Crippen LogP contribution in [0.25, 0.3) is 0 Å². The number of hydrogen-bond donors (Lipinski definition) is 0. The normalized spacial score (nSPS) is 23.5. The number of hydrogen-bond acceptors (Lipinski definition) is 5. The Bertz CT molecular complexity index is 1600. The van der Waals surface area contributed by atoms with E-state index in [0.717, 1.165) is 9.37 Å². The van der Waals surface area contributed by atoms with Crippen LogP contribution in [0.5, 0.6) is 0 Å². The van der Waals surface area contributed by atoms with Crippen LogP contribution in [0, 0.1) is 11.8 Å². The molecule has 0 bridgehead atoms. The largest absolute Gasteiger partial charge is 0.359 e. The van der Waals surface area contributed by atoms with Gasteiger partial charge in [-0.05, 0) is 36.4 Å². The van der Waals surface area contributed by atoms with Gasteiger partial charge in [0.2, 0.25) is 11.8 Å². The molecule has 0 aromatic heterocycles. The Morgan fingerprint density at radius 2 is 1.51 bits per heavy atom. The number of ketones is 2. The molecule has 3 aromatic rings. The second-order valence-corrected chi connectivity index (χ2v) is 11.3. The maximum absolute atomic E-state index is 13.9. The number of carbonyl (C=O) groups is 4. The van der Waals surface area contributed by atoms with Crippen molar-refractivity contribution < 1.29 is 19.2 Å². The maximum Gasteiger partial charge on any atom is 0.240 e. The number of anilines is 1. The Morgan fingerprint density at radius 1 is 0.821 bits per heavy atom. The zero-order chi connectivity index (χ0) is 27.4. The number of imide groups is 1. The summed E-state index contributed by atoms with van der Waals surface area (Å²) in [7, 11) is 0. The number of allylic oxidation sites excluding steroid dienone is 2. The minimum absolute atomic E-state index is 0.149. The maximum atomic E-state index is 13.9. The van der Waals surface area contributed by atoms with E-state index in [9.17, 15) is 19.2 Å². The minimum atomic E-state index is -0.975. The van der Waals surface area contributed by atoms with E-state index in [2.05, 4.69) is 15.9 Å². The van der Waals surface area contributed by atoms with Gasteiger partial charge in [0, 0.05) is 32.4 Å². The quantitative estimate of drug-likeness (QED) is 0.253. The average molecular weight is 622 g/mol. The first-order valence-electron chi connectivity index (χ1n) is 12.2. The highest BCUT2D eigenvalue weighted by atomic mass is 79.9. The molecule has 2 fully saturated rings. The lowest BCUT2D eigenvalue weighted by Crippen LogP contribution is -2.46. The molecule has 2 saturated heterocycles. The first-order valence-corrected chi connectivity index (χ1v) is 13.7. The summed E-state index contributed by atoms with van der Waals surface area (Å²) >= 11 is 15.8. The Kier molecular flexibility index (Phi) is 6.53. The van der Waals surface area contributed by atoms with Gasteiger partial charge in [-0.1, -0.05) is 87.7 Å². The predicted octanol–water partition coefficient (Wildman–Crippen LogP) is 6.13. The molecule has 3 aromatic carbocycles. The van der Waals surface area contributed by atoms with Gasteiger partial charge in [-0.15, -0.1) is 0 Å². The number of rotatable bonds is 5. The molecule has 6 rings (SSSR count). The van der Waals surface area contributed by atoms with Crippen molar-refractivity contribution in [3.05, 3.63) is 122 Å². The fraction of sp³-hybridized carbons (Fsp3) is 0.133. The van der Waals surface area contributed by atoms with E-state index < -0.39 is 35.7 Å². The third-order valence-electron chi connectivity index (χ3n) is 7.39. The molecule has 6 nitrogen and oxygen atoms in total. The zero-order valence-corrected chi connectivity index (χ0v) is 23.2. The SMILES string of the molecule is O=C(C1=C[C@H]2[C@@H]3C(=O)N(c4ccc(Cl)cc4Cl)C(=O)[C@@H]3[C@H](C(=O)c3ccc(Br)cc3)N2C=C1)c1ccccc1. The van der Waals surface area contributed by atoms with E-state index in [0.29, 0.717) is 21.7 Å². The van der Waals surface area contributed by atoms with Gasteiger partial charge in [-0.2, -0.15) is 0 Å². The summed E-state index contributed by atoms with van der Waals surface area (Å²) < 4.78 is 0.807. The highest BCUT2D eigenvalue weighted by Gasteiger charge is 2.63. The number of benzene rings is 3. The van der Waals surface area contributed by atoms with Gasteiger partial charge < -0.3 is 4.90 Å². The van der Waals surface area contributed by atoms with Crippen LogP contribution in [0.15, 0.2) is 101 Å². The van der Waals surface area contributed by atoms with Crippen LogP contribution in [-0.4, -0.2) is 40.4 Å². The molecular weight excluding hydrogens is 603 g/mol. The molecule has 3 heterocycles. The summed E-state index contributed by atoms with van der Waals surface area (Å²) in [6.07, 6.45) is 4.98.